The lowest BCUT2D eigenvalue weighted by Crippen LogP contribution is -2.31. The molecule has 0 fully saturated rings. The van der Waals surface area contributed by atoms with Crippen molar-refractivity contribution in [3.05, 3.63) is 174 Å². The predicted octanol–water partition coefficient (Wildman–Crippen LogP) is 9.84. The first kappa shape index (κ1) is 84.3. The minimum atomic E-state index is -1.12. The smallest absolute Gasteiger partial charge is 0.373 e. The van der Waals surface area contributed by atoms with Crippen molar-refractivity contribution >= 4 is 181 Å². The van der Waals surface area contributed by atoms with Crippen LogP contribution in [0, 0.1) is 3.83 Å². The van der Waals surface area contributed by atoms with Crippen LogP contribution >= 0.6 is 146 Å². The van der Waals surface area contributed by atoms with E-state index in [0.29, 0.717) is 45.7 Å². The Morgan fingerprint density at radius 3 is 1.08 bits per heavy atom. The highest BCUT2D eigenvalue weighted by Crippen LogP contribution is 2.11. The zero-order valence-corrected chi connectivity index (χ0v) is 61.4. The van der Waals surface area contributed by atoms with Gasteiger partial charge < -0.3 is 42.3 Å². The number of hydrogen-bond donors (Lipinski definition) is 6. The molecule has 0 aromatic carbocycles. The Morgan fingerprint density at radius 2 is 0.812 bits per heavy atom. The normalized spacial score (nSPS) is 9.09. The zero-order chi connectivity index (χ0) is 65.5. The first-order chi connectivity index (χ1) is 40.3. The Balaban J connectivity index is -0.000000907. The maximum Gasteiger partial charge on any atom is 0.373 e. The molecule has 0 unspecified atom stereocenters. The Kier molecular flexibility index (Phi) is 51.7. The molecule has 0 saturated carbocycles. The molecular weight excluding hydrogens is 1700 g/mol. The topological polar surface area (TPSA) is 359 Å². The van der Waals surface area contributed by atoms with Gasteiger partial charge in [0.25, 0.3) is 28.9 Å². The Morgan fingerprint density at radius 1 is 0.506 bits per heavy atom. The van der Waals surface area contributed by atoms with Crippen LogP contribution in [0.2, 0.25) is 0 Å². The van der Waals surface area contributed by atoms with Crippen molar-refractivity contribution in [2.45, 2.75) is 27.7 Å². The van der Waals surface area contributed by atoms with Gasteiger partial charge in [-0.3, -0.25) is 24.0 Å². The summed E-state index contributed by atoms with van der Waals surface area (Å²) in [6.07, 6.45) is 17.1. The van der Waals surface area contributed by atoms with Gasteiger partial charge in [0.1, 0.15) is 17.1 Å². The maximum absolute atomic E-state index is 11.7. The number of nitrogens with two attached hydrogens (primary N) is 2. The van der Waals surface area contributed by atoms with E-state index in [1.807, 2.05) is 41.8 Å². The summed E-state index contributed by atoms with van der Waals surface area (Å²) >= 11 is 29.5. The second-order valence-corrected chi connectivity index (χ2v) is 22.3. The third-order valence-electron chi connectivity index (χ3n) is 7.90. The molecule has 0 saturated heterocycles. The molecule has 25 nitrogen and oxygen atoms in total. The van der Waals surface area contributed by atoms with Crippen LogP contribution in [0.15, 0.2) is 136 Å². The van der Waals surface area contributed by atoms with Gasteiger partial charge in [0.2, 0.25) is 17.5 Å². The molecule has 8 N–H and O–H groups in total. The molecule has 0 radical (unpaired) electrons. The van der Waals surface area contributed by atoms with Crippen LogP contribution < -0.4 is 27.4 Å². The number of amides is 4. The zero-order valence-electron chi connectivity index (χ0n) is 47.4. The Labute approximate surface area is 571 Å². The van der Waals surface area contributed by atoms with E-state index >= 15 is 0 Å². The second-order valence-electron chi connectivity index (χ2n) is 14.5. The number of rotatable bonds is 9. The van der Waals surface area contributed by atoms with Crippen LogP contribution in [0.3, 0.4) is 0 Å². The summed E-state index contributed by atoms with van der Waals surface area (Å²) in [5, 5.41) is 15.6. The molecule has 85 heavy (non-hydrogen) atoms. The van der Waals surface area contributed by atoms with Crippen molar-refractivity contribution in [1.82, 2.24) is 80.6 Å². The van der Waals surface area contributed by atoms with Crippen molar-refractivity contribution in [3.63, 3.8) is 0 Å². The summed E-state index contributed by atoms with van der Waals surface area (Å²) in [5.74, 6) is -1.55. The summed E-state index contributed by atoms with van der Waals surface area (Å²) in [6, 6.07) is 10.4. The maximum atomic E-state index is 11.7. The van der Waals surface area contributed by atoms with Crippen LogP contribution in [0.1, 0.15) is 91.0 Å². The van der Waals surface area contributed by atoms with Gasteiger partial charge in [0, 0.05) is 145 Å². The molecule has 4 amide bonds. The number of nitrogens with one attached hydrogen (secondary N) is 3. The third-order valence-corrected chi connectivity index (χ3v) is 11.7. The summed E-state index contributed by atoms with van der Waals surface area (Å²) in [7, 11) is 10.2. The fourth-order valence-corrected chi connectivity index (χ4v) is 6.24. The van der Waals surface area contributed by atoms with Gasteiger partial charge in [0.15, 0.2) is 3.83 Å². The molecule has 0 bridgehead atoms. The van der Waals surface area contributed by atoms with E-state index in [2.05, 4.69) is 211 Å². The van der Waals surface area contributed by atoms with Gasteiger partial charge in [-0.15, -0.1) is 0 Å². The number of pyridine rings is 3. The minimum Gasteiger partial charge on any atom is -0.475 e. The van der Waals surface area contributed by atoms with E-state index in [-0.39, 0.29) is 41.1 Å². The first-order valence-electron chi connectivity index (χ1n) is 24.0. The SMILES string of the molecule is Brc1cnc(I)nc1.CCN.CCN(CC)C(=O)c1ncc(Br)cn1.CCNC(=O)c1ccc(Br)cn1.CN.CN(C)C(=O)c1ccc(Br)cn1.CNC.CNC(=O)c1ccc(Br)cn1.O=C(Cl)c1ncc(Br)cn1.O=C(O)c1ncc(Br)cn1. The first-order valence-corrected chi connectivity index (χ1v) is 31.0. The number of carbonyl (C=O) groups excluding carboxylic acids is 5. The average Bonchev–Trinajstić information content (AvgIpc) is 3.55. The molecule has 0 aliphatic heterocycles. The van der Waals surface area contributed by atoms with E-state index in [9.17, 15) is 28.8 Å². The number of hydrogen-bond acceptors (Lipinski definition) is 20. The van der Waals surface area contributed by atoms with Gasteiger partial charge in [0.05, 0.1) is 17.9 Å². The largest absolute Gasteiger partial charge is 0.475 e. The Bertz CT molecular complexity index is 2880. The fourth-order valence-electron chi connectivity index (χ4n) is 4.34. The third kappa shape index (κ3) is 41.7. The number of halogens is 9. The van der Waals surface area contributed by atoms with Gasteiger partial charge in [-0.05, 0) is 208 Å². The highest BCUT2D eigenvalue weighted by molar-refractivity contribution is 14.1. The van der Waals surface area contributed by atoms with E-state index < -0.39 is 11.2 Å². The number of carbonyl (C=O) groups is 6. The standard InChI is InChI=1S/C9H12BrN3O.2C8H9BrN2O.C7H7BrN2O.C5H2BrClN2O.C5H3BrN2O2.C4H2BrIN2.2C2H7N.CH5N/c1-3-13(4-2)9(14)8-11-5-7(10)6-12-8;1-11(2)8(12)7-4-3-6(9)5-10-7;1-2-10-8(12)7-4-3-6(9)5-11-7;1-9-7(11)6-3-2-5(8)4-10-6;6-3-1-8-5(4(7)10)9-2-3;6-3-1-7-4(5(9)10)8-2-3;5-3-1-7-4(6)8-2-3;1-3-2;1-2-3;1-2/h5-6H,3-4H2,1-2H3;3-5H,1-2H3;3-5H,2H2,1H3,(H,10,12);2-4H,1H3,(H,9,11);1-2H;1-2H,(H,9,10);1-2H;3H,1-2H3;2-3H2,1H3;2H2,1H3. The van der Waals surface area contributed by atoms with Crippen LogP contribution in [0.5, 0.6) is 0 Å². The van der Waals surface area contributed by atoms with Crippen molar-refractivity contribution in [3.8, 4) is 0 Å². The van der Waals surface area contributed by atoms with Crippen LogP contribution in [0.4, 0.5) is 0 Å². The number of aromatic carboxylic acids is 1. The lowest BCUT2D eigenvalue weighted by atomic mass is 10.3. The van der Waals surface area contributed by atoms with Crippen LogP contribution in [-0.4, -0.2) is 173 Å². The number of carboxylic acids is 1. The molecule has 0 spiro atoms. The molecule has 7 rings (SSSR count). The number of carboxylic acid groups (broad SMARTS) is 1. The lowest BCUT2D eigenvalue weighted by molar-refractivity contribution is 0.0681. The fraction of sp³-hybridized carbons (Fsp3) is 0.275. The van der Waals surface area contributed by atoms with Crippen molar-refractivity contribution in [2.75, 3.05) is 68.5 Å². The second kappa shape index (κ2) is 52.2. The Hall–Kier alpha value is -4.95. The van der Waals surface area contributed by atoms with Crippen LogP contribution in [-0.2, 0) is 0 Å². The predicted molar refractivity (Wildman–Crippen MR) is 361 cm³/mol. The molecular formula is C51H63Br7ClIN18O7. The van der Waals surface area contributed by atoms with Gasteiger partial charge >= 0.3 is 5.97 Å². The summed E-state index contributed by atoms with van der Waals surface area (Å²) < 4.78 is 6.45. The monoisotopic (exact) mass is 1750 g/mol. The number of aromatic nitrogens is 11. The highest BCUT2D eigenvalue weighted by Gasteiger charge is 2.15. The van der Waals surface area contributed by atoms with E-state index in [1.165, 1.54) is 36.7 Å². The van der Waals surface area contributed by atoms with Crippen molar-refractivity contribution in [1.29, 1.82) is 0 Å². The number of nitrogens with zero attached hydrogens (tertiary/aromatic N) is 13. The van der Waals surface area contributed by atoms with E-state index in [1.54, 1.807) is 106 Å². The van der Waals surface area contributed by atoms with E-state index in [0.717, 1.165) is 32.7 Å². The molecule has 0 atom stereocenters. The van der Waals surface area contributed by atoms with Gasteiger partial charge in [-0.25, -0.2) is 59.6 Å². The molecule has 0 aliphatic carbocycles. The molecule has 7 aromatic heterocycles. The molecule has 7 aromatic rings. The van der Waals surface area contributed by atoms with Gasteiger partial charge in [-0.1, -0.05) is 6.92 Å². The average molecular weight is 1760 g/mol. The van der Waals surface area contributed by atoms with Crippen molar-refractivity contribution < 1.29 is 33.9 Å². The minimum absolute atomic E-state index is 0.0184. The molecule has 462 valence electrons. The van der Waals surface area contributed by atoms with E-state index in [4.69, 9.17) is 22.4 Å². The summed E-state index contributed by atoms with van der Waals surface area (Å²) in [5.41, 5.74) is 10.7. The van der Waals surface area contributed by atoms with Crippen LogP contribution in [0.25, 0.3) is 0 Å². The molecule has 0 aliphatic rings. The molecule has 7 heterocycles. The summed E-state index contributed by atoms with van der Waals surface area (Å²) in [4.78, 5) is 111. The lowest BCUT2D eigenvalue weighted by Gasteiger charge is -2.16. The van der Waals surface area contributed by atoms with Gasteiger partial charge in [-0.2, -0.15) is 0 Å². The quantitative estimate of drug-likeness (QED) is 0.0444. The highest BCUT2D eigenvalue weighted by atomic mass is 127. The van der Waals surface area contributed by atoms with Crippen molar-refractivity contribution in [2.24, 2.45) is 11.5 Å². The molecule has 34 heteroatoms. The summed E-state index contributed by atoms with van der Waals surface area (Å²) in [6.45, 7) is 10.4.